The summed E-state index contributed by atoms with van der Waals surface area (Å²) in [7, 11) is 3.11. The van der Waals surface area contributed by atoms with Gasteiger partial charge >= 0.3 is 0 Å². The maximum absolute atomic E-state index is 12.4. The Morgan fingerprint density at radius 3 is 2.50 bits per heavy atom. The molecule has 0 radical (unpaired) electrons. The highest BCUT2D eigenvalue weighted by atomic mass is 16.6. The molecule has 0 saturated heterocycles. The molecule has 0 N–H and O–H groups in total. The fraction of sp³-hybridized carbons (Fsp3) is 0.278. The highest BCUT2D eigenvalue weighted by Crippen LogP contribution is 2.27. The molecule has 126 valence electrons. The first-order chi connectivity index (χ1) is 11.5. The predicted octanol–water partition coefficient (Wildman–Crippen LogP) is 3.74. The number of hydrogen-bond acceptors (Lipinski definition) is 5. The molecule has 0 aromatic heterocycles. The minimum Gasteiger partial charge on any atom is -0.497 e. The summed E-state index contributed by atoms with van der Waals surface area (Å²) in [6.45, 7) is 1.80. The SMILES string of the molecule is COc1ccc(CCC(=O)c2cc(C)ccc2[N+](=O)[O-])c(OC)c1. The fourth-order valence-corrected chi connectivity index (χ4v) is 2.47. The van der Waals surface area contributed by atoms with Crippen molar-refractivity contribution in [1.82, 2.24) is 0 Å². The van der Waals surface area contributed by atoms with E-state index in [4.69, 9.17) is 9.47 Å². The maximum Gasteiger partial charge on any atom is 0.280 e. The number of ether oxygens (including phenoxy) is 2. The van der Waals surface area contributed by atoms with Crippen LogP contribution in [-0.2, 0) is 6.42 Å². The molecular weight excluding hydrogens is 310 g/mol. The Balaban J connectivity index is 2.20. The molecule has 0 amide bonds. The van der Waals surface area contributed by atoms with E-state index in [0.717, 1.165) is 11.1 Å². The maximum atomic E-state index is 12.4. The molecule has 0 bridgehead atoms. The summed E-state index contributed by atoms with van der Waals surface area (Å²) >= 11 is 0. The van der Waals surface area contributed by atoms with Crippen molar-refractivity contribution in [3.8, 4) is 11.5 Å². The Bertz CT molecular complexity index is 770. The van der Waals surface area contributed by atoms with Gasteiger partial charge in [0.15, 0.2) is 5.78 Å². The second-order valence-corrected chi connectivity index (χ2v) is 5.38. The molecule has 6 heteroatoms. The molecule has 2 rings (SSSR count). The molecule has 6 nitrogen and oxygen atoms in total. The lowest BCUT2D eigenvalue weighted by Gasteiger charge is -2.10. The van der Waals surface area contributed by atoms with E-state index in [0.29, 0.717) is 17.9 Å². The normalized spacial score (nSPS) is 10.3. The molecule has 0 spiro atoms. The monoisotopic (exact) mass is 329 g/mol. The van der Waals surface area contributed by atoms with E-state index >= 15 is 0 Å². The smallest absolute Gasteiger partial charge is 0.280 e. The number of nitro benzene ring substituents is 1. The van der Waals surface area contributed by atoms with Gasteiger partial charge in [0.25, 0.3) is 5.69 Å². The molecule has 0 aliphatic carbocycles. The van der Waals surface area contributed by atoms with Gasteiger partial charge in [0.2, 0.25) is 0 Å². The molecule has 0 atom stereocenters. The lowest BCUT2D eigenvalue weighted by molar-refractivity contribution is -0.385. The van der Waals surface area contributed by atoms with E-state index in [1.807, 2.05) is 6.07 Å². The average Bonchev–Trinajstić information content (AvgIpc) is 2.59. The number of carbonyl (C=O) groups excluding carboxylic acids is 1. The van der Waals surface area contributed by atoms with Crippen LogP contribution in [-0.4, -0.2) is 24.9 Å². The Hall–Kier alpha value is -2.89. The van der Waals surface area contributed by atoms with Crippen molar-refractivity contribution in [3.63, 3.8) is 0 Å². The van der Waals surface area contributed by atoms with E-state index in [1.54, 1.807) is 45.4 Å². The van der Waals surface area contributed by atoms with Crippen molar-refractivity contribution < 1.29 is 19.2 Å². The first-order valence-corrected chi connectivity index (χ1v) is 7.45. The zero-order chi connectivity index (χ0) is 17.7. The van der Waals surface area contributed by atoms with Gasteiger partial charge in [-0.15, -0.1) is 0 Å². The van der Waals surface area contributed by atoms with Crippen LogP contribution in [0.3, 0.4) is 0 Å². The van der Waals surface area contributed by atoms with Crippen molar-refractivity contribution in [1.29, 1.82) is 0 Å². The van der Waals surface area contributed by atoms with E-state index in [9.17, 15) is 14.9 Å². The number of hydrogen-bond donors (Lipinski definition) is 0. The number of ketones is 1. The molecule has 0 heterocycles. The zero-order valence-corrected chi connectivity index (χ0v) is 13.9. The Kier molecular flexibility index (Phi) is 5.52. The fourth-order valence-electron chi connectivity index (χ4n) is 2.47. The summed E-state index contributed by atoms with van der Waals surface area (Å²) in [4.78, 5) is 23.0. The van der Waals surface area contributed by atoms with Crippen LogP contribution in [0.15, 0.2) is 36.4 Å². The van der Waals surface area contributed by atoms with Crippen molar-refractivity contribution in [2.45, 2.75) is 19.8 Å². The van der Waals surface area contributed by atoms with Gasteiger partial charge in [-0.25, -0.2) is 0 Å². The van der Waals surface area contributed by atoms with Crippen LogP contribution >= 0.6 is 0 Å². The minimum absolute atomic E-state index is 0.146. The van der Waals surface area contributed by atoms with Crippen LogP contribution in [0, 0.1) is 17.0 Å². The van der Waals surface area contributed by atoms with Gasteiger partial charge in [-0.05, 0) is 36.6 Å². The van der Waals surface area contributed by atoms with Crippen LogP contribution in [0.1, 0.15) is 27.9 Å². The second-order valence-electron chi connectivity index (χ2n) is 5.38. The van der Waals surface area contributed by atoms with Crippen molar-refractivity contribution in [2.24, 2.45) is 0 Å². The Morgan fingerprint density at radius 1 is 1.12 bits per heavy atom. The number of aryl methyl sites for hydroxylation is 2. The van der Waals surface area contributed by atoms with Crippen LogP contribution in [0.25, 0.3) is 0 Å². The molecule has 2 aromatic carbocycles. The highest BCUT2D eigenvalue weighted by Gasteiger charge is 2.20. The van der Waals surface area contributed by atoms with Gasteiger partial charge < -0.3 is 9.47 Å². The first-order valence-electron chi connectivity index (χ1n) is 7.45. The van der Waals surface area contributed by atoms with Crippen LogP contribution < -0.4 is 9.47 Å². The lowest BCUT2D eigenvalue weighted by Crippen LogP contribution is -2.06. The van der Waals surface area contributed by atoms with Crippen molar-refractivity contribution in [2.75, 3.05) is 14.2 Å². The third-order valence-electron chi connectivity index (χ3n) is 3.76. The largest absolute Gasteiger partial charge is 0.497 e. The zero-order valence-electron chi connectivity index (χ0n) is 13.9. The van der Waals surface area contributed by atoms with Gasteiger partial charge in [0.05, 0.1) is 24.7 Å². The summed E-state index contributed by atoms with van der Waals surface area (Å²) in [5.41, 5.74) is 1.65. The third kappa shape index (κ3) is 3.90. The highest BCUT2D eigenvalue weighted by molar-refractivity contribution is 6.00. The standard InChI is InChI=1S/C18H19NO5/c1-12-4-8-16(19(21)22)15(10-12)17(20)9-6-13-5-7-14(23-2)11-18(13)24-3/h4-5,7-8,10-11H,6,9H2,1-3H3. The van der Waals surface area contributed by atoms with E-state index in [2.05, 4.69) is 0 Å². The first kappa shape index (κ1) is 17.5. The summed E-state index contributed by atoms with van der Waals surface area (Å²) in [5, 5.41) is 11.1. The summed E-state index contributed by atoms with van der Waals surface area (Å²) in [5.74, 6) is 1.03. The Labute approximate surface area is 140 Å². The van der Waals surface area contributed by atoms with Crippen molar-refractivity contribution in [3.05, 3.63) is 63.2 Å². The van der Waals surface area contributed by atoms with Gasteiger partial charge in [0.1, 0.15) is 11.5 Å². The molecule has 2 aromatic rings. The van der Waals surface area contributed by atoms with Crippen molar-refractivity contribution >= 4 is 11.5 Å². The van der Waals surface area contributed by atoms with E-state index in [-0.39, 0.29) is 23.5 Å². The Morgan fingerprint density at radius 2 is 1.88 bits per heavy atom. The minimum atomic E-state index is -0.527. The molecule has 24 heavy (non-hydrogen) atoms. The van der Waals surface area contributed by atoms with E-state index < -0.39 is 4.92 Å². The topological polar surface area (TPSA) is 78.7 Å². The molecule has 0 unspecified atom stereocenters. The third-order valence-corrected chi connectivity index (χ3v) is 3.76. The molecule has 0 aliphatic rings. The number of benzene rings is 2. The van der Waals surface area contributed by atoms with E-state index in [1.165, 1.54) is 6.07 Å². The molecular formula is C18H19NO5. The molecule has 0 fully saturated rings. The number of carbonyl (C=O) groups is 1. The van der Waals surface area contributed by atoms with Gasteiger partial charge in [-0.2, -0.15) is 0 Å². The van der Waals surface area contributed by atoms with Crippen LogP contribution in [0.2, 0.25) is 0 Å². The quantitative estimate of drug-likeness (QED) is 0.439. The predicted molar refractivity (Wildman–Crippen MR) is 90.0 cm³/mol. The lowest BCUT2D eigenvalue weighted by atomic mass is 9.99. The summed E-state index contributed by atoms with van der Waals surface area (Å²) in [6.07, 6.45) is 0.587. The summed E-state index contributed by atoms with van der Waals surface area (Å²) < 4.78 is 10.4. The second kappa shape index (κ2) is 7.59. The number of methoxy groups -OCH3 is 2. The van der Waals surface area contributed by atoms with Gasteiger partial charge in [-0.1, -0.05) is 12.1 Å². The number of Topliss-reactive ketones (excluding diaryl/α,β-unsaturated/α-hetero) is 1. The number of nitro groups is 1. The van der Waals surface area contributed by atoms with Gasteiger partial charge in [-0.3, -0.25) is 14.9 Å². The molecule has 0 saturated carbocycles. The average molecular weight is 329 g/mol. The van der Waals surface area contributed by atoms with Crippen LogP contribution in [0.5, 0.6) is 11.5 Å². The number of rotatable bonds is 7. The molecule has 0 aliphatic heterocycles. The number of nitrogens with zero attached hydrogens (tertiary/aromatic N) is 1. The summed E-state index contributed by atoms with van der Waals surface area (Å²) in [6, 6.07) is 9.92. The van der Waals surface area contributed by atoms with Gasteiger partial charge in [0, 0.05) is 18.6 Å². The van der Waals surface area contributed by atoms with Crippen LogP contribution in [0.4, 0.5) is 5.69 Å².